The Kier molecular flexibility index (Phi) is 7.14. The SMILES string of the molecule is CCNC(Cc1cc(CC)nn1CC)C(CC)CC. The molecule has 0 aliphatic carbocycles. The summed E-state index contributed by atoms with van der Waals surface area (Å²) in [6.45, 7) is 13.2. The van der Waals surface area contributed by atoms with Crippen LogP contribution in [-0.2, 0) is 19.4 Å². The number of nitrogens with one attached hydrogen (secondary N) is 1. The van der Waals surface area contributed by atoms with Crippen molar-refractivity contribution in [1.29, 1.82) is 0 Å². The zero-order valence-corrected chi connectivity index (χ0v) is 13.4. The quantitative estimate of drug-likeness (QED) is 0.741. The number of nitrogens with zero attached hydrogens (tertiary/aromatic N) is 2. The molecule has 0 radical (unpaired) electrons. The number of rotatable bonds is 9. The first-order chi connectivity index (χ1) is 9.19. The lowest BCUT2D eigenvalue weighted by molar-refractivity contribution is 0.331. The van der Waals surface area contributed by atoms with Crippen LogP contribution in [0.25, 0.3) is 0 Å². The zero-order valence-electron chi connectivity index (χ0n) is 13.4. The average Bonchev–Trinajstić information content (AvgIpc) is 2.82. The predicted molar refractivity (Wildman–Crippen MR) is 82.5 cm³/mol. The first-order valence-electron chi connectivity index (χ1n) is 7.98. The van der Waals surface area contributed by atoms with Gasteiger partial charge in [-0.2, -0.15) is 5.10 Å². The van der Waals surface area contributed by atoms with Crippen LogP contribution < -0.4 is 5.32 Å². The molecule has 1 atom stereocenters. The van der Waals surface area contributed by atoms with Crippen LogP contribution in [0.4, 0.5) is 0 Å². The Morgan fingerprint density at radius 1 is 1.16 bits per heavy atom. The molecule has 3 nitrogen and oxygen atoms in total. The third kappa shape index (κ3) is 4.34. The lowest BCUT2D eigenvalue weighted by Crippen LogP contribution is -2.38. The molecule has 0 saturated heterocycles. The molecule has 1 rings (SSSR count). The summed E-state index contributed by atoms with van der Waals surface area (Å²) in [5.41, 5.74) is 2.61. The minimum absolute atomic E-state index is 0.576. The largest absolute Gasteiger partial charge is 0.314 e. The summed E-state index contributed by atoms with van der Waals surface area (Å²) in [4.78, 5) is 0. The molecule has 0 aliphatic heterocycles. The fraction of sp³-hybridized carbons (Fsp3) is 0.812. The Hall–Kier alpha value is -0.830. The molecule has 0 aliphatic rings. The third-order valence-electron chi connectivity index (χ3n) is 4.09. The standard InChI is InChI=1S/C16H31N3/c1-6-13(7-2)16(17-9-4)12-15-11-14(8-3)18-19(15)10-5/h11,13,16-17H,6-10,12H2,1-5H3. The molecule has 1 aromatic rings. The van der Waals surface area contributed by atoms with Crippen molar-refractivity contribution >= 4 is 0 Å². The van der Waals surface area contributed by atoms with E-state index in [0.717, 1.165) is 31.8 Å². The minimum atomic E-state index is 0.576. The highest BCUT2D eigenvalue weighted by atomic mass is 15.3. The smallest absolute Gasteiger partial charge is 0.0624 e. The van der Waals surface area contributed by atoms with Gasteiger partial charge in [0.25, 0.3) is 0 Å². The van der Waals surface area contributed by atoms with Gasteiger partial charge in [0.2, 0.25) is 0 Å². The summed E-state index contributed by atoms with van der Waals surface area (Å²) in [7, 11) is 0. The first-order valence-corrected chi connectivity index (χ1v) is 7.98. The van der Waals surface area contributed by atoms with E-state index in [2.05, 4.69) is 55.8 Å². The second-order valence-electron chi connectivity index (χ2n) is 5.24. The molecule has 0 fully saturated rings. The minimum Gasteiger partial charge on any atom is -0.314 e. The topological polar surface area (TPSA) is 29.9 Å². The van der Waals surface area contributed by atoms with Crippen LogP contribution in [-0.4, -0.2) is 22.4 Å². The van der Waals surface area contributed by atoms with E-state index in [1.807, 2.05) is 0 Å². The number of hydrogen-bond acceptors (Lipinski definition) is 2. The normalized spacial score (nSPS) is 13.2. The molecule has 1 N–H and O–H groups in total. The average molecular weight is 265 g/mol. The molecule has 1 aromatic heterocycles. The van der Waals surface area contributed by atoms with Gasteiger partial charge in [-0.25, -0.2) is 0 Å². The maximum atomic E-state index is 4.66. The van der Waals surface area contributed by atoms with Crippen LogP contribution in [0.3, 0.4) is 0 Å². The Labute approximate surface area is 118 Å². The first kappa shape index (κ1) is 16.2. The summed E-state index contributed by atoms with van der Waals surface area (Å²) >= 11 is 0. The molecule has 1 unspecified atom stereocenters. The second kappa shape index (κ2) is 8.36. The molecule has 0 saturated carbocycles. The van der Waals surface area contributed by atoms with Crippen molar-refractivity contribution in [1.82, 2.24) is 15.1 Å². The van der Waals surface area contributed by atoms with E-state index in [9.17, 15) is 0 Å². The number of aryl methyl sites for hydroxylation is 2. The van der Waals surface area contributed by atoms with E-state index in [-0.39, 0.29) is 0 Å². The Morgan fingerprint density at radius 3 is 2.32 bits per heavy atom. The zero-order chi connectivity index (χ0) is 14.3. The van der Waals surface area contributed by atoms with E-state index in [1.54, 1.807) is 0 Å². The van der Waals surface area contributed by atoms with E-state index in [0.29, 0.717) is 6.04 Å². The molecule has 3 heteroatoms. The highest BCUT2D eigenvalue weighted by Gasteiger charge is 2.20. The van der Waals surface area contributed by atoms with Crippen molar-refractivity contribution in [3.05, 3.63) is 17.5 Å². The molecule has 0 spiro atoms. The molecule has 0 bridgehead atoms. The van der Waals surface area contributed by atoms with Gasteiger partial charge in [-0.1, -0.05) is 40.5 Å². The van der Waals surface area contributed by atoms with Gasteiger partial charge >= 0.3 is 0 Å². The van der Waals surface area contributed by atoms with Crippen LogP contribution in [0.2, 0.25) is 0 Å². The highest BCUT2D eigenvalue weighted by Crippen LogP contribution is 2.18. The number of aromatic nitrogens is 2. The monoisotopic (exact) mass is 265 g/mol. The van der Waals surface area contributed by atoms with Crippen LogP contribution in [0.15, 0.2) is 6.07 Å². The van der Waals surface area contributed by atoms with Crippen LogP contribution in [0.5, 0.6) is 0 Å². The fourth-order valence-corrected chi connectivity index (χ4v) is 2.88. The highest BCUT2D eigenvalue weighted by molar-refractivity contribution is 5.12. The van der Waals surface area contributed by atoms with Gasteiger partial charge in [0.15, 0.2) is 0 Å². The van der Waals surface area contributed by atoms with E-state index in [4.69, 9.17) is 0 Å². The summed E-state index contributed by atoms with van der Waals surface area (Å²) in [5, 5.41) is 8.33. The van der Waals surface area contributed by atoms with Crippen molar-refractivity contribution in [2.75, 3.05) is 6.54 Å². The third-order valence-corrected chi connectivity index (χ3v) is 4.09. The van der Waals surface area contributed by atoms with Gasteiger partial charge in [0.05, 0.1) is 5.69 Å². The Morgan fingerprint density at radius 2 is 1.84 bits per heavy atom. The molecular formula is C16H31N3. The van der Waals surface area contributed by atoms with Crippen molar-refractivity contribution in [3.8, 4) is 0 Å². The number of likely N-dealkylation sites (N-methyl/N-ethyl adjacent to an activating group) is 1. The molecule has 0 amide bonds. The summed E-state index contributed by atoms with van der Waals surface area (Å²) in [6.07, 6.45) is 4.61. The maximum Gasteiger partial charge on any atom is 0.0624 e. The van der Waals surface area contributed by atoms with Crippen molar-refractivity contribution in [3.63, 3.8) is 0 Å². The summed E-state index contributed by atoms with van der Waals surface area (Å²) in [5.74, 6) is 0.755. The van der Waals surface area contributed by atoms with E-state index in [1.165, 1.54) is 24.2 Å². The summed E-state index contributed by atoms with van der Waals surface area (Å²) in [6, 6.07) is 2.86. The van der Waals surface area contributed by atoms with Crippen molar-refractivity contribution < 1.29 is 0 Å². The van der Waals surface area contributed by atoms with Gasteiger partial charge in [-0.05, 0) is 31.9 Å². The van der Waals surface area contributed by atoms with E-state index < -0.39 is 0 Å². The van der Waals surface area contributed by atoms with Crippen LogP contribution in [0.1, 0.15) is 58.8 Å². The fourth-order valence-electron chi connectivity index (χ4n) is 2.88. The molecular weight excluding hydrogens is 234 g/mol. The van der Waals surface area contributed by atoms with Gasteiger partial charge in [-0.3, -0.25) is 4.68 Å². The predicted octanol–water partition coefficient (Wildman–Crippen LogP) is 3.42. The summed E-state index contributed by atoms with van der Waals surface area (Å²) < 4.78 is 2.17. The van der Waals surface area contributed by atoms with E-state index >= 15 is 0 Å². The lowest BCUT2D eigenvalue weighted by Gasteiger charge is -2.26. The van der Waals surface area contributed by atoms with Gasteiger partial charge in [0, 0.05) is 24.7 Å². The van der Waals surface area contributed by atoms with Crippen molar-refractivity contribution in [2.24, 2.45) is 5.92 Å². The Bertz CT molecular complexity index is 353. The molecule has 1 heterocycles. The number of hydrogen-bond donors (Lipinski definition) is 1. The molecule has 0 aromatic carbocycles. The maximum absolute atomic E-state index is 4.66. The van der Waals surface area contributed by atoms with Crippen LogP contribution in [0, 0.1) is 5.92 Å². The van der Waals surface area contributed by atoms with Crippen LogP contribution >= 0.6 is 0 Å². The van der Waals surface area contributed by atoms with Gasteiger partial charge in [0.1, 0.15) is 0 Å². The van der Waals surface area contributed by atoms with Gasteiger partial charge < -0.3 is 5.32 Å². The van der Waals surface area contributed by atoms with Crippen molar-refractivity contribution in [2.45, 2.75) is 72.9 Å². The molecule has 19 heavy (non-hydrogen) atoms. The Balaban J connectivity index is 2.85. The van der Waals surface area contributed by atoms with Gasteiger partial charge in [-0.15, -0.1) is 0 Å². The second-order valence-corrected chi connectivity index (χ2v) is 5.24. The lowest BCUT2D eigenvalue weighted by atomic mass is 9.90. The molecule has 110 valence electrons.